The molecule has 0 aromatic heterocycles. The summed E-state index contributed by atoms with van der Waals surface area (Å²) in [6.07, 6.45) is 2.44. The highest BCUT2D eigenvalue weighted by Crippen LogP contribution is 2.43. The molecule has 0 bridgehead atoms. The van der Waals surface area contributed by atoms with Gasteiger partial charge in [0.2, 0.25) is 5.78 Å². The first-order valence-electron chi connectivity index (χ1n) is 8.64. The lowest BCUT2D eigenvalue weighted by Crippen LogP contribution is -2.36. The van der Waals surface area contributed by atoms with E-state index in [0.717, 1.165) is 18.9 Å². The number of benzene rings is 2. The van der Waals surface area contributed by atoms with E-state index in [0.29, 0.717) is 12.8 Å². The Kier molecular flexibility index (Phi) is 5.30. The van der Waals surface area contributed by atoms with Crippen LogP contribution in [-0.2, 0) is 14.9 Å². The highest BCUT2D eigenvalue weighted by atomic mass is 19.1. The Morgan fingerprint density at radius 1 is 1.11 bits per heavy atom. The number of carbonyl (C=O) groups excluding carboxylic acids is 2. The van der Waals surface area contributed by atoms with Crippen LogP contribution >= 0.6 is 0 Å². The zero-order chi connectivity index (χ0) is 19.4. The second-order valence-electron chi connectivity index (χ2n) is 6.58. The van der Waals surface area contributed by atoms with Gasteiger partial charge in [-0.1, -0.05) is 43.2 Å². The molecule has 0 spiro atoms. The van der Waals surface area contributed by atoms with Crippen molar-refractivity contribution in [1.29, 1.82) is 0 Å². The van der Waals surface area contributed by atoms with Crippen molar-refractivity contribution in [3.63, 3.8) is 0 Å². The number of non-ortho nitro benzene ring substituents is 1. The molecule has 1 aliphatic carbocycles. The molecule has 140 valence electrons. The van der Waals surface area contributed by atoms with E-state index >= 15 is 0 Å². The van der Waals surface area contributed by atoms with Crippen molar-refractivity contribution in [3.05, 3.63) is 75.6 Å². The number of ketones is 1. The van der Waals surface area contributed by atoms with Crippen LogP contribution in [0.2, 0.25) is 0 Å². The maximum Gasteiger partial charge on any atom is 0.317 e. The number of rotatable bonds is 6. The molecule has 2 aromatic rings. The van der Waals surface area contributed by atoms with E-state index < -0.39 is 34.5 Å². The molecule has 3 rings (SSSR count). The third kappa shape index (κ3) is 3.72. The zero-order valence-electron chi connectivity index (χ0n) is 14.5. The highest BCUT2D eigenvalue weighted by Gasteiger charge is 2.45. The van der Waals surface area contributed by atoms with Crippen LogP contribution in [0.5, 0.6) is 0 Å². The van der Waals surface area contributed by atoms with Gasteiger partial charge >= 0.3 is 5.97 Å². The standard InChI is InChI=1S/C20H18FNO5/c21-17-9-2-1-8-16(17)20(10-3-4-11-20)19(24)27-13-18(23)14-6-5-7-15(12-14)22(25)26/h1-2,5-9,12H,3-4,10-11,13H2. The molecule has 1 saturated carbocycles. The quantitative estimate of drug-likeness (QED) is 0.332. The predicted octanol–water partition coefficient (Wildman–Crippen LogP) is 3.97. The summed E-state index contributed by atoms with van der Waals surface area (Å²) >= 11 is 0. The number of nitro benzene ring substituents is 1. The number of Topliss-reactive ketones (excluding diaryl/α,β-unsaturated/α-hetero) is 1. The number of hydrogen-bond donors (Lipinski definition) is 0. The average molecular weight is 371 g/mol. The molecular weight excluding hydrogens is 353 g/mol. The van der Waals surface area contributed by atoms with Crippen molar-refractivity contribution in [3.8, 4) is 0 Å². The first-order valence-corrected chi connectivity index (χ1v) is 8.64. The maximum absolute atomic E-state index is 14.3. The Morgan fingerprint density at radius 2 is 1.81 bits per heavy atom. The van der Waals surface area contributed by atoms with Crippen LogP contribution in [0.15, 0.2) is 48.5 Å². The topological polar surface area (TPSA) is 86.5 Å². The van der Waals surface area contributed by atoms with Crippen molar-refractivity contribution in [1.82, 2.24) is 0 Å². The first kappa shape index (κ1) is 18.7. The molecule has 0 N–H and O–H groups in total. The number of nitrogens with zero attached hydrogens (tertiary/aromatic N) is 1. The molecule has 0 radical (unpaired) electrons. The molecule has 2 aromatic carbocycles. The van der Waals surface area contributed by atoms with Gasteiger partial charge < -0.3 is 4.74 Å². The van der Waals surface area contributed by atoms with Crippen LogP contribution in [-0.4, -0.2) is 23.3 Å². The van der Waals surface area contributed by atoms with Gasteiger partial charge in [0.1, 0.15) is 5.82 Å². The van der Waals surface area contributed by atoms with E-state index in [9.17, 15) is 24.1 Å². The van der Waals surface area contributed by atoms with Crippen LogP contribution in [0.4, 0.5) is 10.1 Å². The summed E-state index contributed by atoms with van der Waals surface area (Å²) in [7, 11) is 0. The maximum atomic E-state index is 14.3. The number of esters is 1. The van der Waals surface area contributed by atoms with E-state index in [1.807, 2.05) is 0 Å². The van der Waals surface area contributed by atoms with Gasteiger partial charge in [-0.2, -0.15) is 0 Å². The molecule has 0 saturated heterocycles. The lowest BCUT2D eigenvalue weighted by Gasteiger charge is -2.27. The number of nitro groups is 1. The monoisotopic (exact) mass is 371 g/mol. The smallest absolute Gasteiger partial charge is 0.317 e. The number of hydrogen-bond acceptors (Lipinski definition) is 5. The van der Waals surface area contributed by atoms with Crippen molar-refractivity contribution in [2.24, 2.45) is 0 Å². The lowest BCUT2D eigenvalue weighted by atomic mass is 9.78. The third-order valence-corrected chi connectivity index (χ3v) is 4.95. The van der Waals surface area contributed by atoms with Crippen LogP contribution in [0.25, 0.3) is 0 Å². The summed E-state index contributed by atoms with van der Waals surface area (Å²) in [6.45, 7) is -0.545. The van der Waals surface area contributed by atoms with Gasteiger partial charge in [-0.3, -0.25) is 19.7 Å². The number of halogens is 1. The summed E-state index contributed by atoms with van der Waals surface area (Å²) < 4.78 is 19.5. The fourth-order valence-electron chi connectivity index (χ4n) is 3.56. The van der Waals surface area contributed by atoms with E-state index in [4.69, 9.17) is 4.74 Å². The van der Waals surface area contributed by atoms with Gasteiger partial charge in [0.05, 0.1) is 10.3 Å². The van der Waals surface area contributed by atoms with Crippen LogP contribution in [0.3, 0.4) is 0 Å². The Balaban J connectivity index is 1.76. The van der Waals surface area contributed by atoms with Crippen molar-refractivity contribution < 1.29 is 23.6 Å². The summed E-state index contributed by atoms with van der Waals surface area (Å²) in [4.78, 5) is 35.3. The third-order valence-electron chi connectivity index (χ3n) is 4.95. The van der Waals surface area contributed by atoms with E-state index in [1.165, 1.54) is 24.3 Å². The molecular formula is C20H18FNO5. The van der Waals surface area contributed by atoms with Gasteiger partial charge in [0.25, 0.3) is 5.69 Å². The first-order chi connectivity index (χ1) is 12.9. The second-order valence-corrected chi connectivity index (χ2v) is 6.58. The summed E-state index contributed by atoms with van der Waals surface area (Å²) in [5, 5.41) is 10.8. The molecule has 27 heavy (non-hydrogen) atoms. The summed E-state index contributed by atoms with van der Waals surface area (Å²) in [5.74, 6) is -1.65. The largest absolute Gasteiger partial charge is 0.457 e. The van der Waals surface area contributed by atoms with Gasteiger partial charge in [-0.25, -0.2) is 4.39 Å². The second kappa shape index (κ2) is 7.65. The molecule has 6 nitrogen and oxygen atoms in total. The van der Waals surface area contributed by atoms with Gasteiger partial charge in [0, 0.05) is 23.3 Å². The zero-order valence-corrected chi connectivity index (χ0v) is 14.5. The minimum atomic E-state index is -1.09. The lowest BCUT2D eigenvalue weighted by molar-refractivity contribution is -0.384. The van der Waals surface area contributed by atoms with E-state index in [-0.39, 0.29) is 16.8 Å². The van der Waals surface area contributed by atoms with Crippen LogP contribution < -0.4 is 0 Å². The normalized spacial score (nSPS) is 15.3. The number of ether oxygens (including phenoxy) is 1. The Morgan fingerprint density at radius 3 is 2.48 bits per heavy atom. The van der Waals surface area contributed by atoms with Gasteiger partial charge in [-0.15, -0.1) is 0 Å². The van der Waals surface area contributed by atoms with Gasteiger partial charge in [0.15, 0.2) is 6.61 Å². The molecule has 1 fully saturated rings. The minimum Gasteiger partial charge on any atom is -0.457 e. The molecule has 0 atom stereocenters. The Labute approximate surface area is 155 Å². The van der Waals surface area contributed by atoms with Crippen molar-refractivity contribution >= 4 is 17.4 Å². The van der Waals surface area contributed by atoms with Crippen LogP contribution in [0.1, 0.15) is 41.6 Å². The van der Waals surface area contributed by atoms with Crippen molar-refractivity contribution in [2.45, 2.75) is 31.1 Å². The van der Waals surface area contributed by atoms with E-state index in [2.05, 4.69) is 0 Å². The Hall–Kier alpha value is -3.09. The Bertz CT molecular complexity index is 889. The molecule has 0 amide bonds. The summed E-state index contributed by atoms with van der Waals surface area (Å²) in [6, 6.07) is 11.3. The van der Waals surface area contributed by atoms with E-state index in [1.54, 1.807) is 18.2 Å². The highest BCUT2D eigenvalue weighted by molar-refractivity contribution is 5.99. The predicted molar refractivity (Wildman–Crippen MR) is 94.9 cm³/mol. The summed E-state index contributed by atoms with van der Waals surface area (Å²) in [5.41, 5.74) is -0.932. The molecule has 0 aliphatic heterocycles. The fourth-order valence-corrected chi connectivity index (χ4v) is 3.56. The minimum absolute atomic E-state index is 0.0864. The molecule has 7 heteroatoms. The molecule has 1 aliphatic rings. The van der Waals surface area contributed by atoms with Crippen molar-refractivity contribution in [2.75, 3.05) is 6.61 Å². The van der Waals surface area contributed by atoms with Crippen LogP contribution in [0, 0.1) is 15.9 Å². The molecule has 0 unspecified atom stereocenters. The fraction of sp³-hybridized carbons (Fsp3) is 0.300. The SMILES string of the molecule is O=C(COC(=O)C1(c2ccccc2F)CCCC1)c1cccc([N+](=O)[O-])c1. The average Bonchev–Trinajstić information content (AvgIpc) is 3.17. The molecule has 0 heterocycles. The van der Waals surface area contributed by atoms with Gasteiger partial charge in [-0.05, 0) is 18.9 Å². The number of carbonyl (C=O) groups is 2.